The third-order valence-electron chi connectivity index (χ3n) is 7.14. The minimum absolute atomic E-state index is 0.00127. The number of nitrogens with zero attached hydrogens (tertiary/aromatic N) is 1. The molecule has 3 N–H and O–H groups in total. The van der Waals surface area contributed by atoms with Gasteiger partial charge in [-0.25, -0.2) is 0 Å². The Bertz CT molecular complexity index is 931. The predicted molar refractivity (Wildman–Crippen MR) is 130 cm³/mol. The fraction of sp³-hybridized carbons (Fsp3) is 0.640. The van der Waals surface area contributed by atoms with Gasteiger partial charge in [-0.15, -0.1) is 11.8 Å². The Hall–Kier alpha value is -2.06. The van der Waals surface area contributed by atoms with Gasteiger partial charge in [0.25, 0.3) is 0 Å². The summed E-state index contributed by atoms with van der Waals surface area (Å²) in [5.41, 5.74) is 0.238. The van der Waals surface area contributed by atoms with Crippen LogP contribution < -0.4 is 10.6 Å². The third-order valence-corrected chi connectivity index (χ3v) is 9.09. The van der Waals surface area contributed by atoms with E-state index in [1.807, 2.05) is 65.0 Å². The van der Waals surface area contributed by atoms with E-state index in [1.54, 1.807) is 16.7 Å². The lowest BCUT2D eigenvalue weighted by atomic mass is 9.70. The summed E-state index contributed by atoms with van der Waals surface area (Å²) in [5.74, 6) is -1.65. The largest absolute Gasteiger partial charge is 0.394 e. The van der Waals surface area contributed by atoms with Crippen molar-refractivity contribution in [3.63, 3.8) is 0 Å². The summed E-state index contributed by atoms with van der Waals surface area (Å²) < 4.78 is -0.655. The van der Waals surface area contributed by atoms with Gasteiger partial charge in [-0.2, -0.15) is 0 Å². The number of hydrogen-bond donors (Lipinski definition) is 3. The summed E-state index contributed by atoms with van der Waals surface area (Å²) in [6.07, 6.45) is 1.50. The number of aliphatic hydroxyl groups excluding tert-OH is 1. The van der Waals surface area contributed by atoms with Gasteiger partial charge in [0.1, 0.15) is 6.04 Å². The Labute approximate surface area is 200 Å². The lowest BCUT2D eigenvalue weighted by Gasteiger charge is -2.39. The zero-order valence-corrected chi connectivity index (χ0v) is 20.8. The number of amides is 3. The van der Waals surface area contributed by atoms with E-state index in [2.05, 4.69) is 10.6 Å². The molecule has 0 saturated carbocycles. The third kappa shape index (κ3) is 4.05. The van der Waals surface area contributed by atoms with Crippen LogP contribution in [0.15, 0.2) is 30.3 Å². The molecule has 3 aliphatic rings. The number of benzene rings is 1. The van der Waals surface area contributed by atoms with Crippen molar-refractivity contribution in [1.82, 2.24) is 10.2 Å². The number of carbonyl (C=O) groups is 3. The van der Waals surface area contributed by atoms with Crippen LogP contribution >= 0.6 is 11.8 Å². The molecule has 0 aromatic heterocycles. The average molecular weight is 474 g/mol. The van der Waals surface area contributed by atoms with Crippen LogP contribution in [0.5, 0.6) is 0 Å². The van der Waals surface area contributed by atoms with Crippen molar-refractivity contribution >= 4 is 35.2 Å². The molecule has 0 aliphatic carbocycles. The van der Waals surface area contributed by atoms with Gasteiger partial charge in [-0.05, 0) is 51.7 Å². The van der Waals surface area contributed by atoms with Gasteiger partial charge in [0.2, 0.25) is 17.7 Å². The molecular formula is C25H35N3O4S. The number of anilines is 1. The highest BCUT2D eigenvalue weighted by molar-refractivity contribution is 8.02. The first-order chi connectivity index (χ1) is 15.5. The highest BCUT2D eigenvalue weighted by Crippen LogP contribution is 2.66. The Morgan fingerprint density at radius 3 is 2.45 bits per heavy atom. The van der Waals surface area contributed by atoms with Crippen molar-refractivity contribution in [2.24, 2.45) is 17.8 Å². The van der Waals surface area contributed by atoms with E-state index >= 15 is 0 Å². The number of nitrogens with one attached hydrogen (secondary N) is 2. The van der Waals surface area contributed by atoms with Gasteiger partial charge >= 0.3 is 0 Å². The number of likely N-dealkylation sites (tertiary alicyclic amines) is 1. The van der Waals surface area contributed by atoms with Crippen molar-refractivity contribution in [3.05, 3.63) is 30.3 Å². The van der Waals surface area contributed by atoms with Crippen LogP contribution in [0.1, 0.15) is 47.5 Å². The molecule has 8 heteroatoms. The van der Waals surface area contributed by atoms with Crippen LogP contribution in [-0.2, 0) is 14.4 Å². The summed E-state index contributed by atoms with van der Waals surface area (Å²) >= 11 is 1.64. The summed E-state index contributed by atoms with van der Waals surface area (Å²) in [6.45, 7) is 9.43. The first kappa shape index (κ1) is 24.1. The quantitative estimate of drug-likeness (QED) is 0.590. The first-order valence-corrected chi connectivity index (χ1v) is 12.7. The monoisotopic (exact) mass is 473 g/mol. The maximum Gasteiger partial charge on any atom is 0.244 e. The fourth-order valence-corrected chi connectivity index (χ4v) is 8.06. The van der Waals surface area contributed by atoms with Gasteiger partial charge in [0.15, 0.2) is 0 Å². The van der Waals surface area contributed by atoms with E-state index in [-0.39, 0.29) is 35.5 Å². The molecular weight excluding hydrogens is 438 g/mol. The molecule has 4 rings (SSSR count). The predicted octanol–water partition coefficient (Wildman–Crippen LogP) is 2.65. The Balaban J connectivity index is 1.73. The number of fused-ring (bicyclic) bond motifs is 1. The topological polar surface area (TPSA) is 98.7 Å². The normalized spacial score (nSPS) is 31.6. The molecule has 3 saturated heterocycles. The van der Waals surface area contributed by atoms with E-state index in [0.717, 1.165) is 6.42 Å². The second kappa shape index (κ2) is 8.62. The van der Waals surface area contributed by atoms with Crippen molar-refractivity contribution in [1.29, 1.82) is 0 Å². The van der Waals surface area contributed by atoms with Gasteiger partial charge < -0.3 is 20.6 Å². The Kier molecular flexibility index (Phi) is 6.29. The smallest absolute Gasteiger partial charge is 0.244 e. The molecule has 1 aromatic carbocycles. The first-order valence-electron chi connectivity index (χ1n) is 11.8. The number of para-hydroxylation sites is 1. The van der Waals surface area contributed by atoms with Gasteiger partial charge in [-0.1, -0.05) is 32.0 Å². The SMILES string of the molecule is CC(C)[C@H](CO)N1C(=O)[C@@H]2[C@@H](C(=O)Nc3ccccc3)[C@H]3CCC2(S3)C1C(=O)NC(C)(C)C. The maximum absolute atomic E-state index is 14.0. The van der Waals surface area contributed by atoms with Crippen LogP contribution in [0.4, 0.5) is 5.69 Å². The molecule has 6 atom stereocenters. The fourth-order valence-electron chi connectivity index (χ4n) is 5.85. The average Bonchev–Trinajstić information content (AvgIpc) is 3.36. The van der Waals surface area contributed by atoms with Crippen molar-refractivity contribution in [2.75, 3.05) is 11.9 Å². The van der Waals surface area contributed by atoms with E-state index in [4.69, 9.17) is 0 Å². The van der Waals surface area contributed by atoms with Crippen LogP contribution in [0, 0.1) is 17.8 Å². The molecule has 3 heterocycles. The Morgan fingerprint density at radius 1 is 1.21 bits per heavy atom. The summed E-state index contributed by atoms with van der Waals surface area (Å²) in [6, 6.07) is 8.07. The molecule has 3 amide bonds. The zero-order valence-electron chi connectivity index (χ0n) is 20.0. The summed E-state index contributed by atoms with van der Waals surface area (Å²) in [4.78, 5) is 42.7. The molecule has 1 spiro atoms. The van der Waals surface area contributed by atoms with Crippen LogP contribution in [0.2, 0.25) is 0 Å². The van der Waals surface area contributed by atoms with E-state index in [9.17, 15) is 19.5 Å². The van der Waals surface area contributed by atoms with E-state index in [1.165, 1.54) is 0 Å². The van der Waals surface area contributed by atoms with Gasteiger partial charge in [0, 0.05) is 16.5 Å². The molecule has 0 radical (unpaired) electrons. The number of rotatable bonds is 6. The van der Waals surface area contributed by atoms with Gasteiger partial charge in [0.05, 0.1) is 29.2 Å². The minimum Gasteiger partial charge on any atom is -0.394 e. The molecule has 1 aromatic rings. The van der Waals surface area contributed by atoms with Crippen molar-refractivity contribution < 1.29 is 19.5 Å². The van der Waals surface area contributed by atoms with Crippen molar-refractivity contribution in [2.45, 2.75) is 75.1 Å². The number of hydrogen-bond acceptors (Lipinski definition) is 5. The molecule has 33 heavy (non-hydrogen) atoms. The van der Waals surface area contributed by atoms with Crippen molar-refractivity contribution in [3.8, 4) is 0 Å². The maximum atomic E-state index is 14.0. The zero-order chi connectivity index (χ0) is 24.1. The highest BCUT2D eigenvalue weighted by Gasteiger charge is 2.74. The molecule has 3 fully saturated rings. The number of thioether (sulfide) groups is 1. The summed E-state index contributed by atoms with van der Waals surface area (Å²) in [7, 11) is 0. The molecule has 180 valence electrons. The van der Waals surface area contributed by atoms with E-state index < -0.39 is 34.2 Å². The van der Waals surface area contributed by atoms with E-state index in [0.29, 0.717) is 12.1 Å². The second-order valence-corrected chi connectivity index (χ2v) is 12.5. The minimum atomic E-state index is -0.710. The summed E-state index contributed by atoms with van der Waals surface area (Å²) in [5, 5.41) is 16.3. The van der Waals surface area contributed by atoms with Crippen LogP contribution in [-0.4, -0.2) is 62.0 Å². The standard InChI is InChI=1S/C25H35N3O4S/c1-14(2)16(13-29)28-20(22(31)27-24(3,4)5)25-12-11-17(33-25)18(19(25)23(28)32)21(30)26-15-9-7-6-8-10-15/h6-10,14,16-20,29H,11-13H2,1-5H3,(H,26,30)(H,27,31)/t16-,17+,18-,19-,20?,25?/m0/s1. The molecule has 2 bridgehead atoms. The second-order valence-electron chi connectivity index (χ2n) is 10.9. The highest BCUT2D eigenvalue weighted by atomic mass is 32.2. The lowest BCUT2D eigenvalue weighted by molar-refractivity contribution is -0.143. The van der Waals surface area contributed by atoms with Crippen LogP contribution in [0.25, 0.3) is 0 Å². The molecule has 7 nitrogen and oxygen atoms in total. The molecule has 3 aliphatic heterocycles. The lowest BCUT2D eigenvalue weighted by Crippen LogP contribution is -2.60. The molecule has 2 unspecified atom stereocenters. The number of aliphatic hydroxyl groups is 1. The van der Waals surface area contributed by atoms with Crippen LogP contribution in [0.3, 0.4) is 0 Å². The Morgan fingerprint density at radius 2 is 1.88 bits per heavy atom. The number of carbonyl (C=O) groups excluding carboxylic acids is 3. The van der Waals surface area contributed by atoms with Gasteiger partial charge in [-0.3, -0.25) is 14.4 Å².